The number of amides is 2. The molecule has 0 saturated heterocycles. The molecule has 5 nitrogen and oxygen atoms in total. The zero-order valence-corrected chi connectivity index (χ0v) is 18.4. The molecule has 0 fully saturated rings. The van der Waals surface area contributed by atoms with E-state index >= 15 is 0 Å². The van der Waals surface area contributed by atoms with E-state index in [4.69, 9.17) is 16.3 Å². The number of carbonyl (C=O) groups excluding carboxylic acids is 2. The summed E-state index contributed by atoms with van der Waals surface area (Å²) in [5.74, 6) is -0.688. The number of hydrogen-bond donors (Lipinski definition) is 1. The lowest BCUT2D eigenvalue weighted by molar-refractivity contribution is -0.142. The predicted octanol–water partition coefficient (Wildman–Crippen LogP) is 4.59. The van der Waals surface area contributed by atoms with E-state index in [1.165, 1.54) is 17.0 Å². The van der Waals surface area contributed by atoms with Crippen LogP contribution in [0.2, 0.25) is 5.02 Å². The van der Waals surface area contributed by atoms with Crippen molar-refractivity contribution in [1.29, 1.82) is 0 Å². The fourth-order valence-electron chi connectivity index (χ4n) is 3.09. The van der Waals surface area contributed by atoms with Gasteiger partial charge in [0.25, 0.3) is 5.91 Å². The number of carbonyl (C=O) groups is 2. The lowest BCUT2D eigenvalue weighted by atomic mass is 10.1. The predicted molar refractivity (Wildman–Crippen MR) is 122 cm³/mol. The van der Waals surface area contributed by atoms with Crippen molar-refractivity contribution in [3.05, 3.63) is 101 Å². The monoisotopic (exact) mass is 454 g/mol. The fourth-order valence-corrected chi connectivity index (χ4v) is 3.28. The molecule has 0 unspecified atom stereocenters. The minimum atomic E-state index is -0.772. The van der Waals surface area contributed by atoms with Crippen molar-refractivity contribution in [2.24, 2.45) is 0 Å². The van der Waals surface area contributed by atoms with E-state index in [2.05, 4.69) is 5.32 Å². The van der Waals surface area contributed by atoms with Crippen molar-refractivity contribution in [3.8, 4) is 5.75 Å². The van der Waals surface area contributed by atoms with Gasteiger partial charge in [-0.3, -0.25) is 9.59 Å². The molecule has 166 valence electrons. The third-order valence-corrected chi connectivity index (χ3v) is 5.24. The Morgan fingerprint density at radius 2 is 1.62 bits per heavy atom. The van der Waals surface area contributed by atoms with Crippen LogP contribution < -0.4 is 10.1 Å². The highest BCUT2D eigenvalue weighted by Crippen LogP contribution is 2.23. The van der Waals surface area contributed by atoms with E-state index in [0.717, 1.165) is 5.56 Å². The lowest BCUT2D eigenvalue weighted by Crippen LogP contribution is -2.48. The molecule has 0 bridgehead atoms. The van der Waals surface area contributed by atoms with Crippen LogP contribution in [0.1, 0.15) is 18.1 Å². The van der Waals surface area contributed by atoms with Crippen LogP contribution in [0.4, 0.5) is 4.39 Å². The van der Waals surface area contributed by atoms with Gasteiger partial charge in [-0.15, -0.1) is 0 Å². The third kappa shape index (κ3) is 6.56. The molecule has 1 N–H and O–H groups in total. The van der Waals surface area contributed by atoms with Crippen molar-refractivity contribution in [3.63, 3.8) is 0 Å². The molecule has 0 heterocycles. The first-order chi connectivity index (χ1) is 15.4. The molecule has 1 atom stereocenters. The van der Waals surface area contributed by atoms with Crippen LogP contribution in [0, 0.1) is 5.82 Å². The standard InChI is InChI=1S/C25H24ClFN2O3/c1-18(25(31)28-15-19-7-3-2-4-8-19)29(16-20-11-13-21(27)14-12-20)24(30)17-32-23-10-6-5-9-22(23)26/h2-14,18H,15-17H2,1H3,(H,28,31)/t18-/m1/s1. The first kappa shape index (κ1) is 23.3. The third-order valence-electron chi connectivity index (χ3n) is 4.93. The Morgan fingerprint density at radius 1 is 0.969 bits per heavy atom. The van der Waals surface area contributed by atoms with Crippen LogP contribution in [0.15, 0.2) is 78.9 Å². The van der Waals surface area contributed by atoms with Crippen molar-refractivity contribution >= 4 is 23.4 Å². The Kier molecular flexibility index (Phi) is 8.22. The average molecular weight is 455 g/mol. The Morgan fingerprint density at radius 3 is 2.31 bits per heavy atom. The summed E-state index contributed by atoms with van der Waals surface area (Å²) in [6.45, 7) is 1.84. The molecular formula is C25H24ClFN2O3. The topological polar surface area (TPSA) is 58.6 Å². The molecule has 0 aliphatic rings. The van der Waals surface area contributed by atoms with E-state index in [-0.39, 0.29) is 24.9 Å². The van der Waals surface area contributed by atoms with Crippen molar-refractivity contribution in [1.82, 2.24) is 10.2 Å². The lowest BCUT2D eigenvalue weighted by Gasteiger charge is -2.29. The number of halogens is 2. The van der Waals surface area contributed by atoms with Gasteiger partial charge in [-0.05, 0) is 42.3 Å². The zero-order chi connectivity index (χ0) is 22.9. The molecule has 0 aromatic heterocycles. The van der Waals surface area contributed by atoms with Crippen LogP contribution in [-0.2, 0) is 22.7 Å². The van der Waals surface area contributed by atoms with Crippen LogP contribution in [0.25, 0.3) is 0 Å². The second-order valence-corrected chi connectivity index (χ2v) is 7.65. The minimum Gasteiger partial charge on any atom is -0.482 e. The summed E-state index contributed by atoms with van der Waals surface area (Å²) in [6, 6.07) is 21.4. The molecule has 7 heteroatoms. The summed E-state index contributed by atoms with van der Waals surface area (Å²) in [4.78, 5) is 27.2. The highest BCUT2D eigenvalue weighted by atomic mass is 35.5. The van der Waals surface area contributed by atoms with Gasteiger partial charge < -0.3 is 15.0 Å². The quantitative estimate of drug-likeness (QED) is 0.514. The van der Waals surface area contributed by atoms with Crippen LogP contribution in [0.3, 0.4) is 0 Å². The smallest absolute Gasteiger partial charge is 0.261 e. The minimum absolute atomic E-state index is 0.130. The molecule has 0 saturated carbocycles. The van der Waals surface area contributed by atoms with Gasteiger partial charge >= 0.3 is 0 Å². The van der Waals surface area contributed by atoms with E-state index in [1.54, 1.807) is 43.3 Å². The number of para-hydroxylation sites is 1. The Labute approximate surface area is 191 Å². The number of rotatable bonds is 9. The maximum absolute atomic E-state index is 13.3. The molecular weight excluding hydrogens is 431 g/mol. The van der Waals surface area contributed by atoms with Crippen LogP contribution in [0.5, 0.6) is 5.75 Å². The molecule has 0 radical (unpaired) electrons. The maximum atomic E-state index is 13.3. The van der Waals surface area contributed by atoms with Crippen molar-refractivity contribution < 1.29 is 18.7 Å². The summed E-state index contributed by atoms with van der Waals surface area (Å²) in [5, 5.41) is 3.25. The maximum Gasteiger partial charge on any atom is 0.261 e. The normalized spacial score (nSPS) is 11.5. The highest BCUT2D eigenvalue weighted by molar-refractivity contribution is 6.32. The van der Waals surface area contributed by atoms with Gasteiger partial charge in [0.1, 0.15) is 17.6 Å². The SMILES string of the molecule is C[C@H](C(=O)NCc1ccccc1)N(Cc1ccc(F)cc1)C(=O)COc1ccccc1Cl. The van der Waals surface area contributed by atoms with Gasteiger partial charge in [-0.1, -0.05) is 66.2 Å². The van der Waals surface area contributed by atoms with E-state index in [0.29, 0.717) is 22.9 Å². The largest absolute Gasteiger partial charge is 0.482 e. The number of nitrogens with zero attached hydrogens (tertiary/aromatic N) is 1. The van der Waals surface area contributed by atoms with Gasteiger partial charge in [-0.2, -0.15) is 0 Å². The van der Waals surface area contributed by atoms with E-state index in [9.17, 15) is 14.0 Å². The molecule has 2 amide bonds. The van der Waals surface area contributed by atoms with Gasteiger partial charge in [0, 0.05) is 13.1 Å². The Balaban J connectivity index is 1.71. The van der Waals surface area contributed by atoms with Crippen molar-refractivity contribution in [2.75, 3.05) is 6.61 Å². The van der Waals surface area contributed by atoms with Gasteiger partial charge in [0.05, 0.1) is 5.02 Å². The molecule has 3 aromatic rings. The molecule has 0 aliphatic carbocycles. The number of ether oxygens (including phenoxy) is 1. The summed E-state index contributed by atoms with van der Waals surface area (Å²) < 4.78 is 18.9. The fraction of sp³-hybridized carbons (Fsp3) is 0.200. The summed E-state index contributed by atoms with van der Waals surface area (Å²) in [5.41, 5.74) is 1.65. The van der Waals surface area contributed by atoms with Gasteiger partial charge in [0.2, 0.25) is 5.91 Å². The zero-order valence-electron chi connectivity index (χ0n) is 17.6. The molecule has 3 aromatic carbocycles. The van der Waals surface area contributed by atoms with E-state index < -0.39 is 11.9 Å². The highest BCUT2D eigenvalue weighted by Gasteiger charge is 2.26. The summed E-state index contributed by atoms with van der Waals surface area (Å²) >= 11 is 6.09. The van der Waals surface area contributed by atoms with Gasteiger partial charge in [-0.25, -0.2) is 4.39 Å². The first-order valence-corrected chi connectivity index (χ1v) is 10.5. The molecule has 32 heavy (non-hydrogen) atoms. The van der Waals surface area contributed by atoms with Crippen LogP contribution in [-0.4, -0.2) is 29.4 Å². The number of hydrogen-bond acceptors (Lipinski definition) is 3. The average Bonchev–Trinajstić information content (AvgIpc) is 2.81. The van der Waals surface area contributed by atoms with E-state index in [1.807, 2.05) is 30.3 Å². The second kappa shape index (κ2) is 11.3. The second-order valence-electron chi connectivity index (χ2n) is 7.25. The van der Waals surface area contributed by atoms with Crippen molar-refractivity contribution in [2.45, 2.75) is 26.1 Å². The molecule has 3 rings (SSSR count). The number of benzene rings is 3. The first-order valence-electron chi connectivity index (χ1n) is 10.2. The molecule has 0 aliphatic heterocycles. The Hall–Kier alpha value is -3.38. The molecule has 0 spiro atoms. The summed E-state index contributed by atoms with van der Waals surface area (Å²) in [6.07, 6.45) is 0. The van der Waals surface area contributed by atoms with Crippen LogP contribution >= 0.6 is 11.6 Å². The van der Waals surface area contributed by atoms with Gasteiger partial charge in [0.15, 0.2) is 6.61 Å². The number of nitrogens with one attached hydrogen (secondary N) is 1. The Bertz CT molecular complexity index is 1040. The summed E-state index contributed by atoms with van der Waals surface area (Å²) in [7, 11) is 0.